The summed E-state index contributed by atoms with van der Waals surface area (Å²) < 4.78 is 50.1. The lowest BCUT2D eigenvalue weighted by Gasteiger charge is -2.18. The van der Waals surface area contributed by atoms with Gasteiger partial charge in [-0.05, 0) is 55.3 Å². The van der Waals surface area contributed by atoms with Crippen LogP contribution in [-0.2, 0) is 10.8 Å². The predicted molar refractivity (Wildman–Crippen MR) is 105 cm³/mol. The van der Waals surface area contributed by atoms with Gasteiger partial charge in [0.1, 0.15) is 11.6 Å². The van der Waals surface area contributed by atoms with Gasteiger partial charge in [0.05, 0.1) is 16.5 Å². The van der Waals surface area contributed by atoms with Crippen LogP contribution in [0.4, 0.5) is 18.9 Å². The highest BCUT2D eigenvalue weighted by molar-refractivity contribution is 7.85. The van der Waals surface area contributed by atoms with E-state index in [1.807, 2.05) is 33.2 Å². The Morgan fingerprint density at radius 2 is 1.70 bits per heavy atom. The first-order valence-electron chi connectivity index (χ1n) is 8.06. The maximum absolute atomic E-state index is 12.6. The molecule has 8 heteroatoms. The normalized spacial score (nSPS) is 13.6. The van der Waals surface area contributed by atoms with E-state index in [1.54, 1.807) is 30.0 Å². The van der Waals surface area contributed by atoms with Gasteiger partial charge in [0.25, 0.3) is 0 Å². The summed E-state index contributed by atoms with van der Waals surface area (Å²) in [6.45, 7) is 3.47. The minimum Gasteiger partial charge on any atom is -0.362 e. The lowest BCUT2D eigenvalue weighted by atomic mass is 10.1. The molecule has 0 fully saturated rings. The molecule has 0 heterocycles. The SMILES string of the molecule is Cc1cc(C)c(S(=O)CC(F)(F)F)cc1N=C(c1ccc(Cl)cc1)N(C)C. The van der Waals surface area contributed by atoms with Gasteiger partial charge >= 0.3 is 6.18 Å². The van der Waals surface area contributed by atoms with Crippen molar-refractivity contribution >= 4 is 33.9 Å². The van der Waals surface area contributed by atoms with Crippen molar-refractivity contribution in [1.29, 1.82) is 0 Å². The van der Waals surface area contributed by atoms with Crippen LogP contribution in [0.1, 0.15) is 16.7 Å². The van der Waals surface area contributed by atoms with Crippen molar-refractivity contribution in [1.82, 2.24) is 4.90 Å². The van der Waals surface area contributed by atoms with Crippen molar-refractivity contribution < 1.29 is 17.4 Å². The van der Waals surface area contributed by atoms with Crippen molar-refractivity contribution in [3.8, 4) is 0 Å². The van der Waals surface area contributed by atoms with Crippen LogP contribution in [0.15, 0.2) is 46.3 Å². The first-order chi connectivity index (χ1) is 12.5. The molecule has 3 nitrogen and oxygen atoms in total. The molecule has 2 rings (SSSR count). The lowest BCUT2D eigenvalue weighted by molar-refractivity contribution is -0.105. The van der Waals surface area contributed by atoms with Gasteiger partial charge < -0.3 is 4.90 Å². The van der Waals surface area contributed by atoms with Gasteiger partial charge in [0.2, 0.25) is 0 Å². The third kappa shape index (κ3) is 5.81. The van der Waals surface area contributed by atoms with E-state index in [2.05, 4.69) is 4.99 Å². The lowest BCUT2D eigenvalue weighted by Crippen LogP contribution is -2.23. The van der Waals surface area contributed by atoms with Gasteiger partial charge in [-0.25, -0.2) is 4.99 Å². The first-order valence-corrected chi connectivity index (χ1v) is 9.76. The molecular formula is C19H20ClF3N2OS. The molecule has 27 heavy (non-hydrogen) atoms. The van der Waals surface area contributed by atoms with Crippen molar-refractivity contribution in [3.05, 3.63) is 58.1 Å². The number of alkyl halides is 3. The minimum atomic E-state index is -4.50. The van der Waals surface area contributed by atoms with Crippen LogP contribution in [0.2, 0.25) is 5.02 Å². The molecule has 2 aromatic carbocycles. The molecular weight excluding hydrogens is 397 g/mol. The summed E-state index contributed by atoms with van der Waals surface area (Å²) in [5.74, 6) is -0.760. The molecule has 2 aromatic rings. The van der Waals surface area contributed by atoms with Gasteiger partial charge in [-0.2, -0.15) is 13.2 Å². The molecule has 0 amide bonds. The van der Waals surface area contributed by atoms with Crippen LogP contribution in [0.3, 0.4) is 0 Å². The molecule has 1 atom stereocenters. The zero-order valence-corrected chi connectivity index (χ0v) is 17.0. The smallest absolute Gasteiger partial charge is 0.362 e. The topological polar surface area (TPSA) is 32.7 Å². The predicted octanol–water partition coefficient (Wildman–Crippen LogP) is 5.27. The fraction of sp³-hybridized carbons (Fsp3) is 0.316. The third-order valence-corrected chi connectivity index (χ3v) is 5.56. The molecule has 0 radical (unpaired) electrons. The molecule has 0 aliphatic heterocycles. The second-order valence-electron chi connectivity index (χ2n) is 6.35. The van der Waals surface area contributed by atoms with Crippen molar-refractivity contribution in [3.63, 3.8) is 0 Å². The van der Waals surface area contributed by atoms with Crippen LogP contribution in [-0.4, -0.2) is 41.0 Å². The summed E-state index contributed by atoms with van der Waals surface area (Å²) >= 11 is 5.93. The quantitative estimate of drug-likeness (QED) is 0.502. The van der Waals surface area contributed by atoms with Crippen LogP contribution >= 0.6 is 11.6 Å². The Morgan fingerprint density at radius 1 is 1.11 bits per heavy atom. The van der Waals surface area contributed by atoms with Gasteiger partial charge in [-0.3, -0.25) is 4.21 Å². The second-order valence-corrected chi connectivity index (χ2v) is 8.20. The number of amidine groups is 1. The maximum atomic E-state index is 12.6. The first kappa shape index (κ1) is 21.4. The molecule has 0 aliphatic carbocycles. The van der Waals surface area contributed by atoms with Crippen molar-refractivity contribution in [2.75, 3.05) is 19.8 Å². The zero-order chi connectivity index (χ0) is 20.4. The fourth-order valence-corrected chi connectivity index (χ4v) is 3.79. The van der Waals surface area contributed by atoms with E-state index in [0.29, 0.717) is 22.1 Å². The number of nitrogens with zero attached hydrogens (tertiary/aromatic N) is 2. The standard InChI is InChI=1S/C19H20ClF3N2OS/c1-12-9-13(2)17(27(26)11-19(21,22)23)10-16(12)24-18(25(3)4)14-5-7-15(20)8-6-14/h5-10H,11H2,1-4H3. The molecule has 146 valence electrons. The Hall–Kier alpha value is -1.86. The number of aryl methyl sites for hydroxylation is 2. The number of benzene rings is 2. The number of hydrogen-bond acceptors (Lipinski definition) is 2. The summed E-state index contributed by atoms with van der Waals surface area (Å²) in [5.41, 5.74) is 2.62. The Labute approximate surface area is 164 Å². The molecule has 0 aromatic heterocycles. The summed E-state index contributed by atoms with van der Waals surface area (Å²) in [4.78, 5) is 6.57. The summed E-state index contributed by atoms with van der Waals surface area (Å²) in [6, 6.07) is 10.3. The number of rotatable bonds is 4. The largest absolute Gasteiger partial charge is 0.400 e. The van der Waals surface area contributed by atoms with Crippen molar-refractivity contribution in [2.45, 2.75) is 24.9 Å². The highest BCUT2D eigenvalue weighted by atomic mass is 35.5. The van der Waals surface area contributed by atoms with E-state index in [4.69, 9.17) is 11.6 Å². The van der Waals surface area contributed by atoms with Crippen LogP contribution < -0.4 is 0 Å². The Balaban J connectivity index is 2.52. The van der Waals surface area contributed by atoms with Crippen molar-refractivity contribution in [2.24, 2.45) is 4.99 Å². The molecule has 0 aliphatic rings. The zero-order valence-electron chi connectivity index (χ0n) is 15.4. The van der Waals surface area contributed by atoms with Gasteiger partial charge in [0, 0.05) is 29.6 Å². The van der Waals surface area contributed by atoms with Crippen LogP contribution in [0.25, 0.3) is 0 Å². The van der Waals surface area contributed by atoms with Gasteiger partial charge in [-0.1, -0.05) is 17.7 Å². The van der Waals surface area contributed by atoms with E-state index in [0.717, 1.165) is 11.1 Å². The maximum Gasteiger partial charge on any atom is 0.400 e. The number of aliphatic imine (C=N–C) groups is 1. The van der Waals surface area contributed by atoms with Crippen LogP contribution in [0, 0.1) is 13.8 Å². The summed E-state index contributed by atoms with van der Waals surface area (Å²) in [6.07, 6.45) is -4.50. The highest BCUT2D eigenvalue weighted by Crippen LogP contribution is 2.29. The number of hydrogen-bond donors (Lipinski definition) is 0. The molecule has 0 saturated heterocycles. The molecule has 0 bridgehead atoms. The van der Waals surface area contributed by atoms with E-state index in [9.17, 15) is 17.4 Å². The Kier molecular flexibility index (Phi) is 6.70. The molecule has 0 spiro atoms. The Bertz CT molecular complexity index is 878. The third-order valence-electron chi connectivity index (χ3n) is 3.79. The average molecular weight is 417 g/mol. The van der Waals surface area contributed by atoms with E-state index < -0.39 is 22.7 Å². The molecule has 0 saturated carbocycles. The minimum absolute atomic E-state index is 0.144. The second kappa shape index (κ2) is 8.44. The van der Waals surface area contributed by atoms with Gasteiger partial charge in [-0.15, -0.1) is 0 Å². The fourth-order valence-electron chi connectivity index (χ4n) is 2.55. The number of halogens is 4. The van der Waals surface area contributed by atoms with E-state index in [-0.39, 0.29) is 4.90 Å². The molecule has 0 N–H and O–H groups in total. The monoisotopic (exact) mass is 416 g/mol. The highest BCUT2D eigenvalue weighted by Gasteiger charge is 2.31. The van der Waals surface area contributed by atoms with E-state index in [1.165, 1.54) is 6.07 Å². The molecule has 1 unspecified atom stereocenters. The Morgan fingerprint density at radius 3 is 2.22 bits per heavy atom. The summed E-state index contributed by atoms with van der Waals surface area (Å²) in [7, 11) is 1.46. The average Bonchev–Trinajstić information content (AvgIpc) is 2.53. The van der Waals surface area contributed by atoms with Crippen LogP contribution in [0.5, 0.6) is 0 Å². The summed E-state index contributed by atoms with van der Waals surface area (Å²) in [5, 5.41) is 0.591. The van der Waals surface area contributed by atoms with E-state index >= 15 is 0 Å². The van der Waals surface area contributed by atoms with Gasteiger partial charge in [0.15, 0.2) is 0 Å².